The van der Waals surface area contributed by atoms with Gasteiger partial charge in [-0.2, -0.15) is 0 Å². The SMILES string of the molecule is COc1ccc(NN)c(Cc2ccccc2Cl)c1. The van der Waals surface area contributed by atoms with Crippen LogP contribution in [-0.2, 0) is 6.42 Å². The Bertz CT molecular complexity index is 543. The van der Waals surface area contributed by atoms with Crippen molar-refractivity contribution >= 4 is 17.3 Å². The Hall–Kier alpha value is -1.71. The number of nitrogens with one attached hydrogen (secondary N) is 1. The summed E-state index contributed by atoms with van der Waals surface area (Å²) in [6.07, 6.45) is 0.705. The Balaban J connectivity index is 2.35. The zero-order chi connectivity index (χ0) is 13.0. The highest BCUT2D eigenvalue weighted by atomic mass is 35.5. The largest absolute Gasteiger partial charge is 0.497 e. The van der Waals surface area contributed by atoms with Crippen LogP contribution in [0.15, 0.2) is 42.5 Å². The van der Waals surface area contributed by atoms with Crippen LogP contribution in [0, 0.1) is 0 Å². The number of halogens is 1. The minimum absolute atomic E-state index is 0.705. The number of hydrazine groups is 1. The molecule has 0 aliphatic rings. The van der Waals surface area contributed by atoms with E-state index in [2.05, 4.69) is 5.43 Å². The van der Waals surface area contributed by atoms with Crippen molar-refractivity contribution in [2.45, 2.75) is 6.42 Å². The monoisotopic (exact) mass is 262 g/mol. The minimum Gasteiger partial charge on any atom is -0.497 e. The van der Waals surface area contributed by atoms with Gasteiger partial charge in [-0.05, 0) is 35.4 Å². The van der Waals surface area contributed by atoms with E-state index in [-0.39, 0.29) is 0 Å². The van der Waals surface area contributed by atoms with Crippen molar-refractivity contribution < 1.29 is 4.74 Å². The number of methoxy groups -OCH3 is 1. The average molecular weight is 263 g/mol. The van der Waals surface area contributed by atoms with Crippen LogP contribution in [0.5, 0.6) is 5.75 Å². The van der Waals surface area contributed by atoms with E-state index in [1.54, 1.807) is 7.11 Å². The first-order valence-electron chi connectivity index (χ1n) is 5.61. The van der Waals surface area contributed by atoms with E-state index in [4.69, 9.17) is 22.2 Å². The number of hydrogen-bond acceptors (Lipinski definition) is 3. The Morgan fingerprint density at radius 3 is 2.61 bits per heavy atom. The topological polar surface area (TPSA) is 47.3 Å². The molecule has 0 saturated heterocycles. The third kappa shape index (κ3) is 2.75. The van der Waals surface area contributed by atoms with Gasteiger partial charge in [0.15, 0.2) is 0 Å². The molecule has 0 unspecified atom stereocenters. The van der Waals surface area contributed by atoms with E-state index in [0.29, 0.717) is 6.42 Å². The lowest BCUT2D eigenvalue weighted by Gasteiger charge is -2.11. The van der Waals surface area contributed by atoms with E-state index in [1.807, 2.05) is 42.5 Å². The Labute approximate surface area is 111 Å². The molecule has 0 saturated carbocycles. The molecular weight excluding hydrogens is 248 g/mol. The number of nitrogens with two attached hydrogens (primary N) is 1. The van der Waals surface area contributed by atoms with Crippen molar-refractivity contribution in [1.29, 1.82) is 0 Å². The average Bonchev–Trinajstić information content (AvgIpc) is 2.41. The maximum Gasteiger partial charge on any atom is 0.119 e. The van der Waals surface area contributed by atoms with E-state index in [9.17, 15) is 0 Å². The van der Waals surface area contributed by atoms with Crippen LogP contribution < -0.4 is 16.0 Å². The molecule has 0 aliphatic carbocycles. The van der Waals surface area contributed by atoms with Gasteiger partial charge in [-0.3, -0.25) is 5.84 Å². The summed E-state index contributed by atoms with van der Waals surface area (Å²) in [6, 6.07) is 13.5. The van der Waals surface area contributed by atoms with Crippen LogP contribution >= 0.6 is 11.6 Å². The molecule has 94 valence electrons. The highest BCUT2D eigenvalue weighted by molar-refractivity contribution is 6.31. The highest BCUT2D eigenvalue weighted by Crippen LogP contribution is 2.26. The van der Waals surface area contributed by atoms with Gasteiger partial charge in [0.25, 0.3) is 0 Å². The summed E-state index contributed by atoms with van der Waals surface area (Å²) in [7, 11) is 1.64. The molecule has 0 bridgehead atoms. The molecule has 3 N–H and O–H groups in total. The zero-order valence-electron chi connectivity index (χ0n) is 10.1. The summed E-state index contributed by atoms with van der Waals surface area (Å²) in [5, 5.41) is 0.753. The quantitative estimate of drug-likeness (QED) is 0.657. The highest BCUT2D eigenvalue weighted by Gasteiger charge is 2.07. The summed E-state index contributed by atoms with van der Waals surface area (Å²) in [4.78, 5) is 0. The molecule has 2 rings (SSSR count). The molecule has 2 aromatic carbocycles. The Kier molecular flexibility index (Phi) is 4.07. The van der Waals surface area contributed by atoms with Crippen LogP contribution in [0.25, 0.3) is 0 Å². The van der Waals surface area contributed by atoms with Gasteiger partial charge in [-0.25, -0.2) is 0 Å². The first-order chi connectivity index (χ1) is 8.74. The second-order valence-corrected chi connectivity index (χ2v) is 4.34. The van der Waals surface area contributed by atoms with Gasteiger partial charge in [0.05, 0.1) is 12.8 Å². The lowest BCUT2D eigenvalue weighted by Crippen LogP contribution is -2.09. The molecule has 0 aromatic heterocycles. The summed E-state index contributed by atoms with van der Waals surface area (Å²) >= 11 is 6.16. The molecule has 3 nitrogen and oxygen atoms in total. The van der Waals surface area contributed by atoms with E-state index < -0.39 is 0 Å². The van der Waals surface area contributed by atoms with Crippen molar-refractivity contribution in [1.82, 2.24) is 0 Å². The molecular formula is C14H15ClN2O. The Morgan fingerprint density at radius 2 is 1.94 bits per heavy atom. The van der Waals surface area contributed by atoms with Crippen LogP contribution in [0.2, 0.25) is 5.02 Å². The van der Waals surface area contributed by atoms with Gasteiger partial charge < -0.3 is 10.2 Å². The van der Waals surface area contributed by atoms with Crippen molar-refractivity contribution in [3.63, 3.8) is 0 Å². The van der Waals surface area contributed by atoms with Gasteiger partial charge in [0.2, 0.25) is 0 Å². The lowest BCUT2D eigenvalue weighted by molar-refractivity contribution is 0.414. The fraction of sp³-hybridized carbons (Fsp3) is 0.143. The van der Waals surface area contributed by atoms with Crippen molar-refractivity contribution in [3.8, 4) is 5.75 Å². The first-order valence-corrected chi connectivity index (χ1v) is 5.99. The smallest absolute Gasteiger partial charge is 0.119 e. The van der Waals surface area contributed by atoms with Gasteiger partial charge in [0.1, 0.15) is 5.75 Å². The molecule has 0 aliphatic heterocycles. The number of nitrogen functional groups attached to an aromatic ring is 1. The first kappa shape index (κ1) is 12.7. The van der Waals surface area contributed by atoms with Gasteiger partial charge >= 0.3 is 0 Å². The molecule has 0 amide bonds. The molecule has 2 aromatic rings. The zero-order valence-corrected chi connectivity index (χ0v) is 10.9. The normalized spacial score (nSPS) is 10.2. The van der Waals surface area contributed by atoms with Crippen molar-refractivity contribution in [3.05, 3.63) is 58.6 Å². The second-order valence-electron chi connectivity index (χ2n) is 3.94. The number of ether oxygens (including phenoxy) is 1. The minimum atomic E-state index is 0.705. The number of hydrogen-bond donors (Lipinski definition) is 2. The number of benzene rings is 2. The summed E-state index contributed by atoms with van der Waals surface area (Å²) in [5.74, 6) is 6.31. The third-order valence-electron chi connectivity index (χ3n) is 2.81. The number of anilines is 1. The molecule has 0 heterocycles. The van der Waals surface area contributed by atoms with Crippen molar-refractivity contribution in [2.75, 3.05) is 12.5 Å². The third-order valence-corrected chi connectivity index (χ3v) is 3.18. The van der Waals surface area contributed by atoms with Gasteiger partial charge in [-0.15, -0.1) is 0 Å². The molecule has 18 heavy (non-hydrogen) atoms. The molecule has 0 spiro atoms. The summed E-state index contributed by atoms with van der Waals surface area (Å²) in [6.45, 7) is 0. The van der Waals surface area contributed by atoms with Gasteiger partial charge in [-0.1, -0.05) is 29.8 Å². The predicted octanol–water partition coefficient (Wildman–Crippen LogP) is 3.23. The van der Waals surface area contributed by atoms with Crippen LogP contribution in [0.4, 0.5) is 5.69 Å². The van der Waals surface area contributed by atoms with E-state index in [1.165, 1.54) is 0 Å². The maximum atomic E-state index is 6.16. The molecule has 0 radical (unpaired) electrons. The van der Waals surface area contributed by atoms with E-state index >= 15 is 0 Å². The lowest BCUT2D eigenvalue weighted by atomic mass is 10.0. The van der Waals surface area contributed by atoms with Crippen LogP contribution in [-0.4, -0.2) is 7.11 Å². The van der Waals surface area contributed by atoms with Gasteiger partial charge in [0, 0.05) is 11.4 Å². The maximum absolute atomic E-state index is 6.16. The molecule has 0 fully saturated rings. The fourth-order valence-corrected chi connectivity index (χ4v) is 2.03. The summed E-state index contributed by atoms with van der Waals surface area (Å²) < 4.78 is 5.22. The standard InChI is InChI=1S/C14H15ClN2O/c1-18-12-6-7-14(17-16)11(9-12)8-10-4-2-3-5-13(10)15/h2-7,9,17H,8,16H2,1H3. The molecule has 4 heteroatoms. The predicted molar refractivity (Wildman–Crippen MR) is 75.1 cm³/mol. The summed E-state index contributed by atoms with van der Waals surface area (Å²) in [5.41, 5.74) is 5.66. The van der Waals surface area contributed by atoms with Crippen molar-refractivity contribution in [2.24, 2.45) is 5.84 Å². The number of rotatable bonds is 4. The second kappa shape index (κ2) is 5.76. The molecule has 0 atom stereocenters. The Morgan fingerprint density at radius 1 is 1.17 bits per heavy atom. The fourth-order valence-electron chi connectivity index (χ4n) is 1.83. The van der Waals surface area contributed by atoms with E-state index in [0.717, 1.165) is 27.6 Å². The van der Waals surface area contributed by atoms with Crippen LogP contribution in [0.3, 0.4) is 0 Å². The van der Waals surface area contributed by atoms with Crippen LogP contribution in [0.1, 0.15) is 11.1 Å².